The van der Waals surface area contributed by atoms with E-state index in [0.717, 1.165) is 11.8 Å². The minimum atomic E-state index is -0.139. The van der Waals surface area contributed by atoms with Gasteiger partial charge in [0, 0.05) is 17.6 Å². The van der Waals surface area contributed by atoms with E-state index in [1.165, 1.54) is 7.11 Å². The molecule has 0 aliphatic carbocycles. The van der Waals surface area contributed by atoms with Crippen LogP contribution in [0.3, 0.4) is 0 Å². The third-order valence-electron chi connectivity index (χ3n) is 2.75. The lowest BCUT2D eigenvalue weighted by Crippen LogP contribution is -2.39. The summed E-state index contributed by atoms with van der Waals surface area (Å²) >= 11 is 3.40. The Bertz CT molecular complexity index is 396. The van der Waals surface area contributed by atoms with Gasteiger partial charge in [-0.15, -0.1) is 0 Å². The van der Waals surface area contributed by atoms with Crippen LogP contribution in [0.4, 0.5) is 0 Å². The van der Waals surface area contributed by atoms with Gasteiger partial charge in [-0.1, -0.05) is 29.8 Å². The van der Waals surface area contributed by atoms with E-state index in [1.54, 1.807) is 18.3 Å². The van der Waals surface area contributed by atoms with E-state index < -0.39 is 0 Å². The van der Waals surface area contributed by atoms with Crippen LogP contribution in [0.15, 0.2) is 18.3 Å². The Morgan fingerprint density at radius 3 is 2.83 bits per heavy atom. The minimum Gasteiger partial charge on any atom is -0.480 e. The molecule has 18 heavy (non-hydrogen) atoms. The zero-order valence-corrected chi connectivity index (χ0v) is 12.5. The fraction of sp³-hybridized carbons (Fsp3) is 0.538. The number of halogens is 1. The quantitative estimate of drug-likeness (QED) is 0.821. The van der Waals surface area contributed by atoms with Crippen LogP contribution in [-0.4, -0.2) is 29.4 Å². The third kappa shape index (κ3) is 3.98. The average Bonchev–Trinajstić information content (AvgIpc) is 2.37. The maximum Gasteiger partial charge on any atom is 0.256 e. The second kappa shape index (κ2) is 7.36. The molecule has 1 N–H and O–H groups in total. The van der Waals surface area contributed by atoms with E-state index in [4.69, 9.17) is 4.74 Å². The first-order valence-corrected chi connectivity index (χ1v) is 7.08. The monoisotopic (exact) mass is 314 g/mol. The van der Waals surface area contributed by atoms with Crippen LogP contribution in [0.2, 0.25) is 0 Å². The summed E-state index contributed by atoms with van der Waals surface area (Å²) in [6, 6.07) is 3.58. The van der Waals surface area contributed by atoms with Gasteiger partial charge in [0.15, 0.2) is 0 Å². The van der Waals surface area contributed by atoms with Gasteiger partial charge in [-0.25, -0.2) is 4.98 Å². The Labute approximate surface area is 116 Å². The first-order valence-electron chi connectivity index (χ1n) is 5.96. The zero-order chi connectivity index (χ0) is 13.5. The molecule has 4 nitrogen and oxygen atoms in total. The molecule has 1 atom stereocenters. The molecule has 0 aliphatic heterocycles. The number of amides is 1. The highest BCUT2D eigenvalue weighted by Gasteiger charge is 2.19. The van der Waals surface area contributed by atoms with Crippen molar-refractivity contribution in [3.05, 3.63) is 23.9 Å². The fourth-order valence-electron chi connectivity index (χ4n) is 1.66. The van der Waals surface area contributed by atoms with E-state index in [0.29, 0.717) is 17.4 Å². The third-order valence-corrected chi connectivity index (χ3v) is 3.21. The standard InChI is InChI=1S/C13H19BrN2O2/c1-9(2)11(6-7-14)16-12(17)10-5-4-8-15-13(10)18-3/h4-5,8-9,11H,6-7H2,1-3H3,(H,16,17). The van der Waals surface area contributed by atoms with Gasteiger partial charge < -0.3 is 10.1 Å². The number of carbonyl (C=O) groups excluding carboxylic acids is 1. The number of rotatable bonds is 6. The number of alkyl halides is 1. The molecule has 0 radical (unpaired) electrons. The Kier molecular flexibility index (Phi) is 6.12. The fourth-order valence-corrected chi connectivity index (χ4v) is 2.16. The number of nitrogens with zero attached hydrogens (tertiary/aromatic N) is 1. The SMILES string of the molecule is COc1ncccc1C(=O)NC(CCBr)C(C)C. The van der Waals surface area contributed by atoms with Crippen LogP contribution in [0.25, 0.3) is 0 Å². The molecule has 0 fully saturated rings. The van der Waals surface area contributed by atoms with Gasteiger partial charge in [0.25, 0.3) is 5.91 Å². The van der Waals surface area contributed by atoms with Crippen molar-refractivity contribution in [1.29, 1.82) is 0 Å². The van der Waals surface area contributed by atoms with Crippen molar-refractivity contribution in [3.8, 4) is 5.88 Å². The van der Waals surface area contributed by atoms with Crippen molar-refractivity contribution in [1.82, 2.24) is 10.3 Å². The predicted molar refractivity (Wildman–Crippen MR) is 75.3 cm³/mol. The lowest BCUT2D eigenvalue weighted by molar-refractivity contribution is 0.0921. The second-order valence-corrected chi connectivity index (χ2v) is 5.15. The molecule has 1 heterocycles. The molecule has 1 rings (SSSR count). The number of hydrogen-bond donors (Lipinski definition) is 1. The molecule has 0 saturated carbocycles. The van der Waals surface area contributed by atoms with Gasteiger partial charge >= 0.3 is 0 Å². The van der Waals surface area contributed by atoms with Gasteiger partial charge in [0.05, 0.1) is 7.11 Å². The highest BCUT2D eigenvalue weighted by Crippen LogP contribution is 2.15. The molecule has 0 saturated heterocycles. The van der Waals surface area contributed by atoms with Crippen LogP contribution in [0.5, 0.6) is 5.88 Å². The Morgan fingerprint density at radius 2 is 2.28 bits per heavy atom. The summed E-state index contributed by atoms with van der Waals surface area (Å²) in [5.74, 6) is 0.602. The van der Waals surface area contributed by atoms with Crippen LogP contribution in [-0.2, 0) is 0 Å². The van der Waals surface area contributed by atoms with E-state index in [2.05, 4.69) is 40.1 Å². The first-order chi connectivity index (χ1) is 8.60. The summed E-state index contributed by atoms with van der Waals surface area (Å²) in [5.41, 5.74) is 0.472. The van der Waals surface area contributed by atoms with Crippen molar-refractivity contribution in [2.24, 2.45) is 5.92 Å². The van der Waals surface area contributed by atoms with Crippen molar-refractivity contribution < 1.29 is 9.53 Å². The van der Waals surface area contributed by atoms with Gasteiger partial charge in [-0.05, 0) is 24.5 Å². The van der Waals surface area contributed by atoms with E-state index in [1.807, 2.05) is 0 Å². The zero-order valence-electron chi connectivity index (χ0n) is 10.9. The summed E-state index contributed by atoms with van der Waals surface area (Å²) in [4.78, 5) is 16.2. The van der Waals surface area contributed by atoms with Crippen LogP contribution < -0.4 is 10.1 Å². The number of nitrogens with one attached hydrogen (secondary N) is 1. The number of hydrogen-bond acceptors (Lipinski definition) is 3. The van der Waals surface area contributed by atoms with Gasteiger partial charge in [-0.3, -0.25) is 4.79 Å². The van der Waals surface area contributed by atoms with Gasteiger partial charge in [0.2, 0.25) is 5.88 Å². The molecule has 1 aromatic rings. The number of aromatic nitrogens is 1. The number of carbonyl (C=O) groups is 1. The van der Waals surface area contributed by atoms with Gasteiger partial charge in [0.1, 0.15) is 5.56 Å². The lowest BCUT2D eigenvalue weighted by atomic mass is 10.0. The maximum atomic E-state index is 12.2. The lowest BCUT2D eigenvalue weighted by Gasteiger charge is -2.21. The van der Waals surface area contributed by atoms with Crippen molar-refractivity contribution >= 4 is 21.8 Å². The average molecular weight is 315 g/mol. The molecular formula is C13H19BrN2O2. The van der Waals surface area contributed by atoms with Crippen LogP contribution in [0.1, 0.15) is 30.6 Å². The molecule has 1 aromatic heterocycles. The molecule has 0 spiro atoms. The van der Waals surface area contributed by atoms with E-state index in [-0.39, 0.29) is 11.9 Å². The summed E-state index contributed by atoms with van der Waals surface area (Å²) < 4.78 is 5.09. The first kappa shape index (κ1) is 15.0. The summed E-state index contributed by atoms with van der Waals surface area (Å²) in [5, 5.41) is 3.88. The summed E-state index contributed by atoms with van der Waals surface area (Å²) in [6.07, 6.45) is 2.50. The number of pyridine rings is 1. The van der Waals surface area contributed by atoms with Crippen LogP contribution >= 0.6 is 15.9 Å². The van der Waals surface area contributed by atoms with Crippen LogP contribution in [0, 0.1) is 5.92 Å². The maximum absolute atomic E-state index is 12.2. The van der Waals surface area contributed by atoms with Crippen molar-refractivity contribution in [2.45, 2.75) is 26.3 Å². The topological polar surface area (TPSA) is 51.2 Å². The molecule has 1 unspecified atom stereocenters. The van der Waals surface area contributed by atoms with E-state index >= 15 is 0 Å². The highest BCUT2D eigenvalue weighted by atomic mass is 79.9. The van der Waals surface area contributed by atoms with Crippen molar-refractivity contribution in [2.75, 3.05) is 12.4 Å². The molecule has 100 valence electrons. The molecule has 0 aliphatic rings. The van der Waals surface area contributed by atoms with Gasteiger partial charge in [-0.2, -0.15) is 0 Å². The Hall–Kier alpha value is -1.10. The number of ether oxygens (including phenoxy) is 1. The molecule has 1 amide bonds. The van der Waals surface area contributed by atoms with Crippen molar-refractivity contribution in [3.63, 3.8) is 0 Å². The minimum absolute atomic E-state index is 0.139. The smallest absolute Gasteiger partial charge is 0.256 e. The Balaban J connectivity index is 2.80. The molecule has 5 heteroatoms. The molecule has 0 bridgehead atoms. The molecule has 0 aromatic carbocycles. The normalized spacial score (nSPS) is 12.3. The molecular weight excluding hydrogens is 296 g/mol. The summed E-state index contributed by atoms with van der Waals surface area (Å²) in [6.45, 7) is 4.18. The Morgan fingerprint density at radius 1 is 1.56 bits per heavy atom. The second-order valence-electron chi connectivity index (χ2n) is 4.36. The highest BCUT2D eigenvalue weighted by molar-refractivity contribution is 9.09. The largest absolute Gasteiger partial charge is 0.480 e. The van der Waals surface area contributed by atoms with E-state index in [9.17, 15) is 4.79 Å². The summed E-state index contributed by atoms with van der Waals surface area (Å²) in [7, 11) is 1.51. The number of methoxy groups -OCH3 is 1. The predicted octanol–water partition coefficient (Wildman–Crippen LogP) is 2.63.